The van der Waals surface area contributed by atoms with Gasteiger partial charge in [0.2, 0.25) is 0 Å². The second-order valence-corrected chi connectivity index (χ2v) is 6.40. The third-order valence-electron chi connectivity index (χ3n) is 4.60. The zero-order valence-electron chi connectivity index (χ0n) is 11.1. The van der Waals surface area contributed by atoms with Gasteiger partial charge in [-0.1, -0.05) is 0 Å². The molecule has 3 nitrogen and oxygen atoms in total. The Labute approximate surface area is 117 Å². The van der Waals surface area contributed by atoms with Crippen molar-refractivity contribution in [1.82, 2.24) is 14.9 Å². The fraction of sp³-hybridized carbons (Fsp3) is 0.786. The van der Waals surface area contributed by atoms with E-state index in [2.05, 4.69) is 32.9 Å². The lowest BCUT2D eigenvalue weighted by Crippen LogP contribution is -2.30. The van der Waals surface area contributed by atoms with Gasteiger partial charge in [-0.05, 0) is 67.9 Å². The van der Waals surface area contributed by atoms with E-state index in [1.54, 1.807) is 0 Å². The standard InChI is InChI=1S/C14H22BrN3/c1-16-11-7-5-10(6-8-11)14-17-13(15)12-4-2-3-9-18(12)14/h10-11,16H,2-9H2,1H3. The van der Waals surface area contributed by atoms with Crippen LogP contribution in [-0.4, -0.2) is 22.6 Å². The quantitative estimate of drug-likeness (QED) is 0.908. The number of nitrogens with one attached hydrogen (secondary N) is 1. The summed E-state index contributed by atoms with van der Waals surface area (Å²) in [6.07, 6.45) is 8.98. The molecule has 0 atom stereocenters. The SMILES string of the molecule is CNC1CCC(c2nc(Br)c3n2CCCC3)CC1. The summed E-state index contributed by atoms with van der Waals surface area (Å²) in [6, 6.07) is 0.723. The van der Waals surface area contributed by atoms with Gasteiger partial charge < -0.3 is 9.88 Å². The van der Waals surface area contributed by atoms with Gasteiger partial charge in [0.05, 0.1) is 5.69 Å². The molecule has 1 aromatic heterocycles. The first-order valence-corrected chi connectivity index (χ1v) is 8.01. The van der Waals surface area contributed by atoms with E-state index in [-0.39, 0.29) is 0 Å². The number of imidazole rings is 1. The average Bonchev–Trinajstić information content (AvgIpc) is 2.77. The van der Waals surface area contributed by atoms with Crippen LogP contribution in [0, 0.1) is 0 Å². The molecule has 2 aliphatic rings. The summed E-state index contributed by atoms with van der Waals surface area (Å²) in [5, 5.41) is 3.41. The Balaban J connectivity index is 1.80. The third kappa shape index (κ3) is 2.25. The van der Waals surface area contributed by atoms with Crippen LogP contribution in [0.5, 0.6) is 0 Å². The van der Waals surface area contributed by atoms with Crippen molar-refractivity contribution in [2.24, 2.45) is 0 Å². The molecule has 4 heteroatoms. The maximum atomic E-state index is 4.83. The van der Waals surface area contributed by atoms with Gasteiger partial charge in [-0.25, -0.2) is 4.98 Å². The van der Waals surface area contributed by atoms with Crippen molar-refractivity contribution >= 4 is 15.9 Å². The van der Waals surface area contributed by atoms with Gasteiger partial charge in [0, 0.05) is 18.5 Å². The second-order valence-electron chi connectivity index (χ2n) is 5.65. The predicted molar refractivity (Wildman–Crippen MR) is 76.9 cm³/mol. The molecule has 0 amide bonds. The zero-order chi connectivity index (χ0) is 12.5. The van der Waals surface area contributed by atoms with Gasteiger partial charge in [0.15, 0.2) is 0 Å². The minimum atomic E-state index is 0.678. The van der Waals surface area contributed by atoms with E-state index in [0.717, 1.165) is 10.6 Å². The maximum Gasteiger partial charge on any atom is 0.127 e. The summed E-state index contributed by atoms with van der Waals surface area (Å²) in [5.74, 6) is 2.03. The first-order valence-electron chi connectivity index (χ1n) is 7.21. The van der Waals surface area contributed by atoms with E-state index in [1.165, 1.54) is 63.0 Å². The van der Waals surface area contributed by atoms with E-state index >= 15 is 0 Å². The van der Waals surface area contributed by atoms with Crippen LogP contribution in [0.15, 0.2) is 4.60 Å². The Bertz CT molecular complexity index is 419. The minimum absolute atomic E-state index is 0.678. The van der Waals surface area contributed by atoms with Gasteiger partial charge in [-0.3, -0.25) is 0 Å². The zero-order valence-corrected chi connectivity index (χ0v) is 12.7. The lowest BCUT2D eigenvalue weighted by Gasteiger charge is -2.29. The highest BCUT2D eigenvalue weighted by Gasteiger charge is 2.28. The van der Waals surface area contributed by atoms with Crippen molar-refractivity contribution in [3.8, 4) is 0 Å². The molecule has 2 heterocycles. The summed E-state index contributed by atoms with van der Waals surface area (Å²) >= 11 is 3.65. The van der Waals surface area contributed by atoms with Crippen molar-refractivity contribution in [1.29, 1.82) is 0 Å². The van der Waals surface area contributed by atoms with Crippen molar-refractivity contribution in [3.63, 3.8) is 0 Å². The minimum Gasteiger partial charge on any atom is -0.331 e. The van der Waals surface area contributed by atoms with Crippen LogP contribution in [-0.2, 0) is 13.0 Å². The van der Waals surface area contributed by atoms with Crippen molar-refractivity contribution < 1.29 is 0 Å². The Morgan fingerprint density at radius 3 is 2.72 bits per heavy atom. The van der Waals surface area contributed by atoms with E-state index in [9.17, 15) is 0 Å². The van der Waals surface area contributed by atoms with Crippen LogP contribution in [0.3, 0.4) is 0 Å². The number of hydrogen-bond acceptors (Lipinski definition) is 2. The number of fused-ring (bicyclic) bond motifs is 1. The van der Waals surface area contributed by atoms with E-state index < -0.39 is 0 Å². The van der Waals surface area contributed by atoms with E-state index in [4.69, 9.17) is 4.98 Å². The number of rotatable bonds is 2. The van der Waals surface area contributed by atoms with Crippen LogP contribution < -0.4 is 5.32 Å². The number of halogens is 1. The van der Waals surface area contributed by atoms with Crippen LogP contribution >= 0.6 is 15.9 Å². The molecule has 1 N–H and O–H groups in total. The van der Waals surface area contributed by atoms with Gasteiger partial charge in [0.1, 0.15) is 10.4 Å². The number of nitrogens with zero attached hydrogens (tertiary/aromatic N) is 2. The Kier molecular flexibility index (Phi) is 3.76. The highest BCUT2D eigenvalue weighted by Crippen LogP contribution is 2.36. The molecule has 18 heavy (non-hydrogen) atoms. The molecule has 0 bridgehead atoms. The summed E-state index contributed by atoms with van der Waals surface area (Å²) < 4.78 is 3.60. The lowest BCUT2D eigenvalue weighted by atomic mass is 9.85. The highest BCUT2D eigenvalue weighted by atomic mass is 79.9. The topological polar surface area (TPSA) is 29.9 Å². The van der Waals surface area contributed by atoms with Crippen LogP contribution in [0.25, 0.3) is 0 Å². The van der Waals surface area contributed by atoms with Crippen LogP contribution in [0.4, 0.5) is 0 Å². The molecule has 0 unspecified atom stereocenters. The summed E-state index contributed by atoms with van der Waals surface area (Å²) in [5.41, 5.74) is 1.44. The smallest absolute Gasteiger partial charge is 0.127 e. The monoisotopic (exact) mass is 311 g/mol. The molecule has 0 saturated heterocycles. The average molecular weight is 312 g/mol. The fourth-order valence-corrected chi connectivity index (χ4v) is 4.07. The summed E-state index contributed by atoms with van der Waals surface area (Å²) in [6.45, 7) is 1.18. The molecule has 100 valence electrons. The third-order valence-corrected chi connectivity index (χ3v) is 5.23. The molecular weight excluding hydrogens is 290 g/mol. The molecule has 1 aliphatic carbocycles. The summed E-state index contributed by atoms with van der Waals surface area (Å²) in [4.78, 5) is 4.83. The normalized spacial score (nSPS) is 28.1. The largest absolute Gasteiger partial charge is 0.331 e. The van der Waals surface area contributed by atoms with Crippen molar-refractivity contribution in [2.45, 2.75) is 63.5 Å². The second kappa shape index (κ2) is 5.33. The predicted octanol–water partition coefficient (Wildman–Crippen LogP) is 3.23. The molecule has 0 spiro atoms. The molecule has 1 fully saturated rings. The Morgan fingerprint density at radius 1 is 1.22 bits per heavy atom. The molecule has 1 aliphatic heterocycles. The molecular formula is C14H22BrN3. The van der Waals surface area contributed by atoms with Gasteiger partial charge in [-0.2, -0.15) is 0 Å². The fourth-order valence-electron chi connectivity index (χ4n) is 3.48. The van der Waals surface area contributed by atoms with E-state index in [0.29, 0.717) is 5.92 Å². The first kappa shape index (κ1) is 12.7. The van der Waals surface area contributed by atoms with Crippen molar-refractivity contribution in [2.75, 3.05) is 7.05 Å². The first-order chi connectivity index (χ1) is 8.79. The van der Waals surface area contributed by atoms with Gasteiger partial charge in [-0.15, -0.1) is 0 Å². The Hall–Kier alpha value is -0.350. The molecule has 0 radical (unpaired) electrons. The molecule has 1 aromatic rings. The van der Waals surface area contributed by atoms with Crippen LogP contribution in [0.1, 0.15) is 56.0 Å². The van der Waals surface area contributed by atoms with Gasteiger partial charge in [0.25, 0.3) is 0 Å². The lowest BCUT2D eigenvalue weighted by molar-refractivity contribution is 0.340. The van der Waals surface area contributed by atoms with Crippen LogP contribution in [0.2, 0.25) is 0 Å². The van der Waals surface area contributed by atoms with E-state index in [1.807, 2.05) is 0 Å². The molecule has 3 rings (SSSR count). The number of aromatic nitrogens is 2. The highest BCUT2D eigenvalue weighted by molar-refractivity contribution is 9.10. The van der Waals surface area contributed by atoms with Crippen molar-refractivity contribution in [3.05, 3.63) is 16.1 Å². The molecule has 0 aromatic carbocycles. The Morgan fingerprint density at radius 2 is 2.00 bits per heavy atom. The summed E-state index contributed by atoms with van der Waals surface area (Å²) in [7, 11) is 2.08. The number of hydrogen-bond donors (Lipinski definition) is 1. The maximum absolute atomic E-state index is 4.83. The van der Waals surface area contributed by atoms with Gasteiger partial charge >= 0.3 is 0 Å². The molecule has 1 saturated carbocycles.